The number of nitrogens with zero attached hydrogens (tertiary/aromatic N) is 1. The van der Waals surface area contributed by atoms with Crippen LogP contribution in [-0.4, -0.2) is 48.2 Å². The van der Waals surface area contributed by atoms with Crippen LogP contribution >= 0.6 is 0 Å². The second-order valence-corrected chi connectivity index (χ2v) is 4.97. The quantitative estimate of drug-likeness (QED) is 0.391. The predicted octanol–water partition coefficient (Wildman–Crippen LogP) is 1.36. The normalized spacial score (nSPS) is 22.4. The molecule has 0 aromatic rings. The highest BCUT2D eigenvalue weighted by atomic mass is 16.5. The minimum absolute atomic E-state index is 0.235. The van der Waals surface area contributed by atoms with E-state index in [4.69, 9.17) is 9.47 Å². The van der Waals surface area contributed by atoms with Gasteiger partial charge in [0.2, 0.25) is 0 Å². The first-order chi connectivity index (χ1) is 8.45. The van der Waals surface area contributed by atoms with Crippen molar-refractivity contribution < 1.29 is 19.1 Å². The van der Waals surface area contributed by atoms with Gasteiger partial charge in [-0.25, -0.2) is 0 Å². The summed E-state index contributed by atoms with van der Waals surface area (Å²) in [4.78, 5) is 25.3. The zero-order chi connectivity index (χ0) is 13.8. The van der Waals surface area contributed by atoms with Crippen LogP contribution in [-0.2, 0) is 19.1 Å². The van der Waals surface area contributed by atoms with Crippen LogP contribution < -0.4 is 0 Å². The monoisotopic (exact) mass is 257 g/mol. The molecule has 5 heteroatoms. The summed E-state index contributed by atoms with van der Waals surface area (Å²) in [7, 11) is 0. The van der Waals surface area contributed by atoms with Gasteiger partial charge in [0.05, 0.1) is 13.2 Å². The SMILES string of the molecule is CCCCOC(=O)[C@H]1CN1C(C)(C)C(=O)OCC. The summed E-state index contributed by atoms with van der Waals surface area (Å²) in [5, 5.41) is 0. The van der Waals surface area contributed by atoms with Gasteiger partial charge < -0.3 is 9.47 Å². The first kappa shape index (κ1) is 15.0. The molecule has 1 saturated heterocycles. The fourth-order valence-corrected chi connectivity index (χ4v) is 1.80. The molecular weight excluding hydrogens is 234 g/mol. The number of rotatable bonds is 7. The Hall–Kier alpha value is -1.10. The van der Waals surface area contributed by atoms with Crippen molar-refractivity contribution in [3.8, 4) is 0 Å². The predicted molar refractivity (Wildman–Crippen MR) is 67.1 cm³/mol. The molecule has 1 unspecified atom stereocenters. The van der Waals surface area contributed by atoms with Crippen LogP contribution in [0.5, 0.6) is 0 Å². The lowest BCUT2D eigenvalue weighted by Gasteiger charge is -2.24. The van der Waals surface area contributed by atoms with E-state index in [-0.39, 0.29) is 18.0 Å². The van der Waals surface area contributed by atoms with Crippen molar-refractivity contribution in [2.75, 3.05) is 19.8 Å². The molecule has 0 aliphatic carbocycles. The van der Waals surface area contributed by atoms with E-state index in [2.05, 4.69) is 0 Å². The van der Waals surface area contributed by atoms with Gasteiger partial charge in [-0.05, 0) is 27.2 Å². The number of carbonyl (C=O) groups is 2. The average Bonchev–Trinajstić information content (AvgIpc) is 3.10. The lowest BCUT2D eigenvalue weighted by Crippen LogP contribution is -2.43. The number of ether oxygens (including phenoxy) is 2. The summed E-state index contributed by atoms with van der Waals surface area (Å²) in [6, 6.07) is -0.290. The van der Waals surface area contributed by atoms with E-state index in [0.29, 0.717) is 19.8 Å². The Balaban J connectivity index is 2.43. The third-order valence-corrected chi connectivity index (χ3v) is 3.12. The molecule has 0 amide bonds. The van der Waals surface area contributed by atoms with Crippen molar-refractivity contribution in [3.05, 3.63) is 0 Å². The summed E-state index contributed by atoms with van der Waals surface area (Å²) in [5.41, 5.74) is -0.759. The van der Waals surface area contributed by atoms with Crippen LogP contribution in [0.3, 0.4) is 0 Å². The van der Waals surface area contributed by atoms with Crippen LogP contribution in [0.4, 0.5) is 0 Å². The van der Waals surface area contributed by atoms with Crippen LogP contribution in [0, 0.1) is 0 Å². The van der Waals surface area contributed by atoms with Crippen molar-refractivity contribution in [2.45, 2.75) is 52.1 Å². The Morgan fingerprint density at radius 2 is 1.94 bits per heavy atom. The Kier molecular flexibility index (Phi) is 5.14. The van der Waals surface area contributed by atoms with Gasteiger partial charge in [0, 0.05) is 6.54 Å². The minimum atomic E-state index is -0.759. The van der Waals surface area contributed by atoms with Crippen LogP contribution in [0.1, 0.15) is 40.5 Å². The highest BCUT2D eigenvalue weighted by Crippen LogP contribution is 2.31. The summed E-state index contributed by atoms with van der Waals surface area (Å²) in [5.74, 6) is -0.533. The van der Waals surface area contributed by atoms with E-state index >= 15 is 0 Å². The van der Waals surface area contributed by atoms with Crippen LogP contribution in [0.15, 0.2) is 0 Å². The number of hydrogen-bond donors (Lipinski definition) is 0. The number of esters is 2. The van der Waals surface area contributed by atoms with Crippen molar-refractivity contribution in [2.24, 2.45) is 0 Å². The standard InChI is InChI=1S/C13H23NO4/c1-5-7-8-18-11(15)10-9-14(10)13(3,4)12(16)17-6-2/h10H,5-9H2,1-4H3/t10-,14?/m1/s1. The minimum Gasteiger partial charge on any atom is -0.465 e. The number of unbranched alkanes of at least 4 members (excludes halogenated alkanes) is 1. The Labute approximate surface area is 108 Å². The molecule has 0 saturated carbocycles. The molecule has 18 heavy (non-hydrogen) atoms. The van der Waals surface area contributed by atoms with Gasteiger partial charge in [-0.3, -0.25) is 14.5 Å². The van der Waals surface area contributed by atoms with Gasteiger partial charge in [-0.2, -0.15) is 0 Å². The first-order valence-corrected chi connectivity index (χ1v) is 6.55. The Morgan fingerprint density at radius 1 is 1.28 bits per heavy atom. The van der Waals surface area contributed by atoms with Crippen molar-refractivity contribution >= 4 is 11.9 Å². The zero-order valence-corrected chi connectivity index (χ0v) is 11.7. The first-order valence-electron chi connectivity index (χ1n) is 6.55. The molecule has 0 aromatic heterocycles. The maximum Gasteiger partial charge on any atom is 0.325 e. The van der Waals surface area contributed by atoms with Gasteiger partial charge in [-0.15, -0.1) is 0 Å². The van der Waals surface area contributed by atoms with Gasteiger partial charge in [0.15, 0.2) is 0 Å². The average molecular weight is 257 g/mol. The van der Waals surface area contributed by atoms with Crippen molar-refractivity contribution in [1.82, 2.24) is 4.90 Å². The highest BCUT2D eigenvalue weighted by Gasteiger charge is 2.53. The maximum atomic E-state index is 11.8. The van der Waals surface area contributed by atoms with Crippen molar-refractivity contribution in [3.63, 3.8) is 0 Å². The Morgan fingerprint density at radius 3 is 2.50 bits per heavy atom. The van der Waals surface area contributed by atoms with E-state index in [1.54, 1.807) is 25.7 Å². The molecule has 0 spiro atoms. The molecule has 2 atom stereocenters. The second-order valence-electron chi connectivity index (χ2n) is 4.97. The van der Waals surface area contributed by atoms with E-state index in [1.165, 1.54) is 0 Å². The molecule has 1 rings (SSSR count). The third-order valence-electron chi connectivity index (χ3n) is 3.12. The third kappa shape index (κ3) is 3.45. The molecule has 1 aliphatic rings. The summed E-state index contributed by atoms with van der Waals surface area (Å²) < 4.78 is 10.1. The van der Waals surface area contributed by atoms with Crippen molar-refractivity contribution in [1.29, 1.82) is 0 Å². The molecule has 0 bridgehead atoms. The number of hydrogen-bond acceptors (Lipinski definition) is 5. The molecule has 0 aromatic carbocycles. The fraction of sp³-hybridized carbons (Fsp3) is 0.846. The van der Waals surface area contributed by atoms with E-state index < -0.39 is 5.54 Å². The van der Waals surface area contributed by atoms with Crippen LogP contribution in [0.2, 0.25) is 0 Å². The molecule has 0 radical (unpaired) electrons. The van der Waals surface area contributed by atoms with Gasteiger partial charge in [-0.1, -0.05) is 13.3 Å². The molecular formula is C13H23NO4. The van der Waals surface area contributed by atoms with E-state index in [9.17, 15) is 9.59 Å². The van der Waals surface area contributed by atoms with E-state index in [0.717, 1.165) is 12.8 Å². The lowest BCUT2D eigenvalue weighted by atomic mass is 10.1. The van der Waals surface area contributed by atoms with E-state index in [1.807, 2.05) is 6.92 Å². The summed E-state index contributed by atoms with van der Waals surface area (Å²) >= 11 is 0. The Bertz CT molecular complexity index is 314. The topological polar surface area (TPSA) is 55.6 Å². The molecule has 1 heterocycles. The zero-order valence-electron chi connectivity index (χ0n) is 11.7. The largest absolute Gasteiger partial charge is 0.465 e. The second kappa shape index (κ2) is 6.18. The highest BCUT2D eigenvalue weighted by molar-refractivity contribution is 5.85. The van der Waals surface area contributed by atoms with Crippen LogP contribution in [0.25, 0.3) is 0 Å². The molecule has 104 valence electrons. The molecule has 1 aliphatic heterocycles. The van der Waals surface area contributed by atoms with Gasteiger partial charge in [0.25, 0.3) is 0 Å². The van der Waals surface area contributed by atoms with Gasteiger partial charge in [0.1, 0.15) is 11.6 Å². The molecule has 0 N–H and O–H groups in total. The van der Waals surface area contributed by atoms with Gasteiger partial charge >= 0.3 is 11.9 Å². The maximum absolute atomic E-state index is 11.8. The number of carbonyl (C=O) groups excluding carboxylic acids is 2. The molecule has 5 nitrogen and oxygen atoms in total. The lowest BCUT2D eigenvalue weighted by molar-refractivity contribution is -0.153. The summed E-state index contributed by atoms with van der Waals surface area (Å²) in [6.07, 6.45) is 1.87. The fourth-order valence-electron chi connectivity index (χ4n) is 1.80. The smallest absolute Gasteiger partial charge is 0.325 e. The molecule has 1 fully saturated rings. The summed E-state index contributed by atoms with van der Waals surface area (Å²) in [6.45, 7) is 8.72.